The van der Waals surface area contributed by atoms with Crippen LogP contribution in [0.2, 0.25) is 0 Å². The fourth-order valence-corrected chi connectivity index (χ4v) is 3.82. The molecule has 20 heavy (non-hydrogen) atoms. The first kappa shape index (κ1) is 13.6. The second-order valence-corrected chi connectivity index (χ2v) is 6.51. The molecule has 0 N–H and O–H groups in total. The van der Waals surface area contributed by atoms with Gasteiger partial charge in [-0.25, -0.2) is 0 Å². The maximum atomic E-state index is 12.7. The Morgan fingerprint density at radius 3 is 2.75 bits per heavy atom. The minimum Gasteiger partial charge on any atom is -0.339 e. The van der Waals surface area contributed by atoms with Gasteiger partial charge in [0.15, 0.2) is 0 Å². The van der Waals surface area contributed by atoms with Crippen LogP contribution < -0.4 is 0 Å². The van der Waals surface area contributed by atoms with E-state index in [0.717, 1.165) is 36.9 Å². The second-order valence-electron chi connectivity index (χ2n) is 5.60. The Bertz CT molecular complexity index is 614. The molecule has 4 heteroatoms. The van der Waals surface area contributed by atoms with Crippen molar-refractivity contribution in [3.8, 4) is 0 Å². The Morgan fingerprint density at radius 1 is 1.30 bits per heavy atom. The summed E-state index contributed by atoms with van der Waals surface area (Å²) in [5.41, 5.74) is 0.854. The molecule has 1 amide bonds. The average molecular weight is 288 g/mol. The van der Waals surface area contributed by atoms with Crippen molar-refractivity contribution in [2.75, 3.05) is 27.2 Å². The SMILES string of the molecule is CN1CCC(N(C)C(=O)c2csc3ccccc23)CC1. The standard InChI is InChI=1S/C16H20N2OS/c1-17-9-7-12(8-10-17)18(2)16(19)14-11-20-15-6-4-3-5-13(14)15/h3-6,11-12H,7-10H2,1-2H3. The van der Waals surface area contributed by atoms with Gasteiger partial charge in [-0.3, -0.25) is 4.79 Å². The lowest BCUT2D eigenvalue weighted by atomic mass is 10.0. The molecule has 0 saturated carbocycles. The van der Waals surface area contributed by atoms with Crippen LogP contribution in [0.3, 0.4) is 0 Å². The third-order valence-electron chi connectivity index (χ3n) is 4.27. The lowest BCUT2D eigenvalue weighted by molar-refractivity contribution is 0.0662. The van der Waals surface area contributed by atoms with Gasteiger partial charge in [0.1, 0.15) is 0 Å². The van der Waals surface area contributed by atoms with Crippen LogP contribution in [-0.2, 0) is 0 Å². The number of nitrogens with zero attached hydrogens (tertiary/aromatic N) is 2. The van der Waals surface area contributed by atoms with E-state index in [-0.39, 0.29) is 5.91 Å². The molecule has 3 rings (SSSR count). The molecule has 1 saturated heterocycles. The zero-order valence-electron chi connectivity index (χ0n) is 12.0. The molecule has 2 aromatic rings. The number of fused-ring (bicyclic) bond motifs is 1. The minimum absolute atomic E-state index is 0.164. The summed E-state index contributed by atoms with van der Waals surface area (Å²) >= 11 is 1.65. The van der Waals surface area contributed by atoms with Gasteiger partial charge >= 0.3 is 0 Å². The van der Waals surface area contributed by atoms with Crippen LogP contribution in [0.25, 0.3) is 10.1 Å². The number of rotatable bonds is 2. The predicted molar refractivity (Wildman–Crippen MR) is 84.4 cm³/mol. The highest BCUT2D eigenvalue weighted by Gasteiger charge is 2.25. The zero-order chi connectivity index (χ0) is 14.1. The molecule has 1 aliphatic rings. The van der Waals surface area contributed by atoms with E-state index in [9.17, 15) is 4.79 Å². The van der Waals surface area contributed by atoms with Gasteiger partial charge in [-0.05, 0) is 39.0 Å². The van der Waals surface area contributed by atoms with Crippen LogP contribution in [0.5, 0.6) is 0 Å². The fraction of sp³-hybridized carbons (Fsp3) is 0.438. The Hall–Kier alpha value is -1.39. The van der Waals surface area contributed by atoms with Crippen molar-refractivity contribution >= 4 is 27.3 Å². The lowest BCUT2D eigenvalue weighted by Crippen LogP contribution is -2.44. The largest absolute Gasteiger partial charge is 0.339 e. The second kappa shape index (κ2) is 5.54. The Balaban J connectivity index is 1.81. The number of thiophene rings is 1. The van der Waals surface area contributed by atoms with Gasteiger partial charge in [0.25, 0.3) is 5.91 Å². The number of benzene rings is 1. The normalized spacial score (nSPS) is 17.5. The zero-order valence-corrected chi connectivity index (χ0v) is 12.8. The molecule has 3 nitrogen and oxygen atoms in total. The quantitative estimate of drug-likeness (QED) is 0.848. The molecule has 1 aromatic heterocycles. The number of hydrogen-bond donors (Lipinski definition) is 0. The average Bonchev–Trinajstić information content (AvgIpc) is 2.90. The number of hydrogen-bond acceptors (Lipinski definition) is 3. The Labute approximate surface area is 123 Å². The monoisotopic (exact) mass is 288 g/mol. The molecule has 0 bridgehead atoms. The van der Waals surface area contributed by atoms with Crippen LogP contribution in [-0.4, -0.2) is 48.9 Å². The van der Waals surface area contributed by atoms with Crippen LogP contribution in [0.4, 0.5) is 0 Å². The molecule has 1 fully saturated rings. The van der Waals surface area contributed by atoms with E-state index in [1.165, 1.54) is 4.70 Å². The number of carbonyl (C=O) groups excluding carboxylic acids is 1. The topological polar surface area (TPSA) is 23.6 Å². The molecule has 2 heterocycles. The summed E-state index contributed by atoms with van der Waals surface area (Å²) in [5.74, 6) is 0.164. The van der Waals surface area contributed by atoms with E-state index in [2.05, 4.69) is 18.0 Å². The summed E-state index contributed by atoms with van der Waals surface area (Å²) in [6.07, 6.45) is 2.14. The number of likely N-dealkylation sites (tertiary alicyclic amines) is 1. The Morgan fingerprint density at radius 2 is 2.00 bits per heavy atom. The highest BCUT2D eigenvalue weighted by Crippen LogP contribution is 2.27. The van der Waals surface area contributed by atoms with Gasteiger partial charge < -0.3 is 9.80 Å². The number of carbonyl (C=O) groups is 1. The van der Waals surface area contributed by atoms with Crippen molar-refractivity contribution in [3.63, 3.8) is 0 Å². The molecule has 0 aliphatic carbocycles. The number of amides is 1. The predicted octanol–water partition coefficient (Wildman–Crippen LogP) is 3.07. The van der Waals surface area contributed by atoms with Crippen LogP contribution in [0.15, 0.2) is 29.6 Å². The summed E-state index contributed by atoms with van der Waals surface area (Å²) < 4.78 is 1.19. The van der Waals surface area contributed by atoms with Crippen molar-refractivity contribution in [2.45, 2.75) is 18.9 Å². The summed E-state index contributed by atoms with van der Waals surface area (Å²) in [6.45, 7) is 2.15. The fourth-order valence-electron chi connectivity index (χ4n) is 2.88. The highest BCUT2D eigenvalue weighted by atomic mass is 32.1. The van der Waals surface area contributed by atoms with Crippen molar-refractivity contribution in [1.29, 1.82) is 0 Å². The van der Waals surface area contributed by atoms with Crippen molar-refractivity contribution in [1.82, 2.24) is 9.80 Å². The van der Waals surface area contributed by atoms with Gasteiger partial charge in [0.2, 0.25) is 0 Å². The van der Waals surface area contributed by atoms with Crippen molar-refractivity contribution in [2.24, 2.45) is 0 Å². The third kappa shape index (κ3) is 2.45. The van der Waals surface area contributed by atoms with Gasteiger partial charge in [0, 0.05) is 28.6 Å². The van der Waals surface area contributed by atoms with E-state index < -0.39 is 0 Å². The summed E-state index contributed by atoms with van der Waals surface area (Å²) in [4.78, 5) is 17.0. The first-order valence-electron chi connectivity index (χ1n) is 7.09. The maximum absolute atomic E-state index is 12.7. The molecule has 0 spiro atoms. The smallest absolute Gasteiger partial charge is 0.255 e. The molecule has 106 valence electrons. The maximum Gasteiger partial charge on any atom is 0.255 e. The van der Waals surface area contributed by atoms with Gasteiger partial charge in [-0.1, -0.05) is 18.2 Å². The molecule has 0 unspecified atom stereocenters. The van der Waals surface area contributed by atoms with E-state index in [4.69, 9.17) is 0 Å². The Kier molecular flexibility index (Phi) is 3.76. The number of piperidine rings is 1. The summed E-state index contributed by atoms with van der Waals surface area (Å²) in [6, 6.07) is 8.51. The van der Waals surface area contributed by atoms with Crippen LogP contribution in [0, 0.1) is 0 Å². The lowest BCUT2D eigenvalue weighted by Gasteiger charge is -2.35. The molecule has 1 aliphatic heterocycles. The van der Waals surface area contributed by atoms with E-state index in [1.807, 2.05) is 35.5 Å². The highest BCUT2D eigenvalue weighted by molar-refractivity contribution is 7.17. The third-order valence-corrected chi connectivity index (χ3v) is 5.23. The molecule has 0 atom stereocenters. The van der Waals surface area contributed by atoms with Gasteiger partial charge in [-0.15, -0.1) is 11.3 Å². The molecular formula is C16H20N2OS. The first-order chi connectivity index (χ1) is 9.66. The first-order valence-corrected chi connectivity index (χ1v) is 7.96. The van der Waals surface area contributed by atoms with Gasteiger partial charge in [0.05, 0.1) is 5.56 Å². The van der Waals surface area contributed by atoms with Crippen LogP contribution in [0.1, 0.15) is 23.2 Å². The van der Waals surface area contributed by atoms with Crippen molar-refractivity contribution in [3.05, 3.63) is 35.2 Å². The van der Waals surface area contributed by atoms with Crippen molar-refractivity contribution < 1.29 is 4.79 Å². The van der Waals surface area contributed by atoms with E-state index >= 15 is 0 Å². The van der Waals surface area contributed by atoms with E-state index in [1.54, 1.807) is 11.3 Å². The summed E-state index contributed by atoms with van der Waals surface area (Å²) in [5, 5.41) is 3.08. The molecular weight excluding hydrogens is 268 g/mol. The van der Waals surface area contributed by atoms with Gasteiger partial charge in [-0.2, -0.15) is 0 Å². The molecule has 1 aromatic carbocycles. The van der Waals surface area contributed by atoms with E-state index in [0.29, 0.717) is 6.04 Å². The minimum atomic E-state index is 0.164. The molecule has 0 radical (unpaired) electrons. The van der Waals surface area contributed by atoms with Crippen LogP contribution >= 0.6 is 11.3 Å². The summed E-state index contributed by atoms with van der Waals surface area (Å²) in [7, 11) is 4.09.